The zero-order chi connectivity index (χ0) is 25.6. The van der Waals surface area contributed by atoms with Gasteiger partial charge in [-0.15, -0.1) is 0 Å². The molecule has 0 radical (unpaired) electrons. The molecular weight excluding hydrogens is 436 g/mol. The van der Waals surface area contributed by atoms with E-state index in [2.05, 4.69) is 81.5 Å². The highest BCUT2D eigenvalue weighted by molar-refractivity contribution is 5.80. The van der Waals surface area contributed by atoms with Gasteiger partial charge in [0.05, 0.1) is 12.9 Å². The second-order valence-corrected chi connectivity index (χ2v) is 9.05. The average Bonchev–Trinajstić information content (AvgIpc) is 3.52. The van der Waals surface area contributed by atoms with Crippen LogP contribution in [0.3, 0.4) is 0 Å². The summed E-state index contributed by atoms with van der Waals surface area (Å²) in [6.45, 7) is 9.63. The van der Waals surface area contributed by atoms with Crippen molar-refractivity contribution < 1.29 is 0 Å². The summed E-state index contributed by atoms with van der Waals surface area (Å²) >= 11 is 0. The molecule has 1 atom stereocenters. The van der Waals surface area contributed by atoms with Crippen molar-refractivity contribution in [2.24, 2.45) is 11.5 Å². The van der Waals surface area contributed by atoms with Crippen molar-refractivity contribution in [1.82, 2.24) is 24.8 Å². The zero-order valence-corrected chi connectivity index (χ0v) is 21.3. The number of nitrogens with two attached hydrogens (primary N) is 3. The van der Waals surface area contributed by atoms with Crippen LogP contribution < -0.4 is 17.2 Å². The molecule has 2 heterocycles. The molecule has 1 aliphatic rings. The monoisotopic (exact) mass is 476 g/mol. The van der Waals surface area contributed by atoms with E-state index in [4.69, 9.17) is 17.2 Å². The maximum atomic E-state index is 5.94. The number of hydrogen-bond acceptors (Lipinski definition) is 7. The molecular formula is C27H40N8. The van der Waals surface area contributed by atoms with E-state index in [0.29, 0.717) is 23.0 Å². The zero-order valence-electron chi connectivity index (χ0n) is 21.3. The minimum absolute atomic E-state index is 0.0903. The minimum atomic E-state index is 0.0903. The van der Waals surface area contributed by atoms with Gasteiger partial charge in [-0.1, -0.05) is 54.5 Å². The third-order valence-corrected chi connectivity index (χ3v) is 5.74. The van der Waals surface area contributed by atoms with Gasteiger partial charge in [0, 0.05) is 24.2 Å². The molecule has 0 spiro atoms. The van der Waals surface area contributed by atoms with Gasteiger partial charge in [0.25, 0.3) is 0 Å². The first-order chi connectivity index (χ1) is 16.8. The van der Waals surface area contributed by atoms with Crippen LogP contribution in [0.2, 0.25) is 0 Å². The Hall–Kier alpha value is -3.25. The van der Waals surface area contributed by atoms with Gasteiger partial charge in [0.2, 0.25) is 0 Å². The molecule has 4 rings (SSSR count). The number of imidazole rings is 1. The van der Waals surface area contributed by atoms with Crippen molar-refractivity contribution in [1.29, 1.82) is 0 Å². The Morgan fingerprint density at radius 1 is 1.20 bits per heavy atom. The Balaban J connectivity index is 0.000000220. The van der Waals surface area contributed by atoms with E-state index >= 15 is 0 Å². The van der Waals surface area contributed by atoms with Gasteiger partial charge in [0.15, 0.2) is 11.5 Å². The lowest BCUT2D eigenvalue weighted by atomic mass is 10.1. The van der Waals surface area contributed by atoms with Gasteiger partial charge < -0.3 is 22.2 Å². The van der Waals surface area contributed by atoms with Gasteiger partial charge in [-0.3, -0.25) is 4.90 Å². The van der Waals surface area contributed by atoms with Gasteiger partial charge >= 0.3 is 0 Å². The van der Waals surface area contributed by atoms with Crippen LogP contribution in [0.15, 0.2) is 49.1 Å². The first-order valence-electron chi connectivity index (χ1n) is 12.1. The summed E-state index contributed by atoms with van der Waals surface area (Å²) in [5, 5.41) is 0. The molecule has 1 aliphatic carbocycles. The van der Waals surface area contributed by atoms with E-state index in [-0.39, 0.29) is 6.04 Å². The lowest BCUT2D eigenvalue weighted by Gasteiger charge is -2.16. The minimum Gasteiger partial charge on any atom is -0.382 e. The molecule has 7 N–H and O–H groups in total. The second-order valence-electron chi connectivity index (χ2n) is 9.05. The molecule has 8 heteroatoms. The van der Waals surface area contributed by atoms with Crippen LogP contribution in [-0.4, -0.2) is 57.1 Å². The number of aromatic amines is 1. The first-order valence-corrected chi connectivity index (χ1v) is 12.1. The third-order valence-electron chi connectivity index (χ3n) is 5.74. The lowest BCUT2D eigenvalue weighted by molar-refractivity contribution is 0.360. The third kappa shape index (κ3) is 10.7. The number of hydrogen-bond donors (Lipinski definition) is 4. The second kappa shape index (κ2) is 14.9. The number of anilines is 1. The Labute approximate surface area is 209 Å². The van der Waals surface area contributed by atoms with Crippen LogP contribution in [0.25, 0.3) is 11.2 Å². The molecule has 1 saturated carbocycles. The van der Waals surface area contributed by atoms with Crippen LogP contribution in [0.1, 0.15) is 50.2 Å². The Bertz CT molecular complexity index is 1090. The summed E-state index contributed by atoms with van der Waals surface area (Å²) in [7, 11) is 2.06. The number of nitrogen functional groups attached to an aromatic ring is 1. The molecule has 35 heavy (non-hydrogen) atoms. The molecule has 0 bridgehead atoms. The maximum absolute atomic E-state index is 5.94. The molecule has 8 nitrogen and oxygen atoms in total. The number of nitrogens with zero attached hydrogens (tertiary/aromatic N) is 4. The number of H-pyrrole nitrogens is 1. The summed E-state index contributed by atoms with van der Waals surface area (Å²) in [6, 6.07) is 8.91. The van der Waals surface area contributed by atoms with E-state index < -0.39 is 0 Å². The molecule has 0 amide bonds. The molecule has 0 aliphatic heterocycles. The predicted molar refractivity (Wildman–Crippen MR) is 145 cm³/mol. The van der Waals surface area contributed by atoms with Crippen molar-refractivity contribution in [3.05, 3.63) is 60.2 Å². The number of fused-ring (bicyclic) bond motifs is 1. The normalized spacial score (nSPS) is 13.8. The SMILES string of the molecule is C=C(C)C(N)CCN(C)CC#Cc1ccc(C)cc1.NC1CCCC1.Nc1ncnc2nc[nH]c12. The van der Waals surface area contributed by atoms with Gasteiger partial charge in [-0.25, -0.2) is 15.0 Å². The largest absolute Gasteiger partial charge is 0.382 e. The summed E-state index contributed by atoms with van der Waals surface area (Å²) in [5.41, 5.74) is 21.6. The van der Waals surface area contributed by atoms with Crippen molar-refractivity contribution in [2.45, 2.75) is 58.0 Å². The Morgan fingerprint density at radius 2 is 1.89 bits per heavy atom. The van der Waals surface area contributed by atoms with E-state index in [1.807, 2.05) is 6.92 Å². The topological polar surface area (TPSA) is 136 Å². The molecule has 188 valence electrons. The van der Waals surface area contributed by atoms with E-state index in [0.717, 1.165) is 30.6 Å². The van der Waals surface area contributed by atoms with Crippen LogP contribution in [-0.2, 0) is 0 Å². The van der Waals surface area contributed by atoms with Crippen LogP contribution in [0, 0.1) is 18.8 Å². The predicted octanol–water partition coefficient (Wildman–Crippen LogP) is 3.39. The highest BCUT2D eigenvalue weighted by atomic mass is 15.1. The molecule has 1 fully saturated rings. The van der Waals surface area contributed by atoms with Gasteiger partial charge in [-0.2, -0.15) is 0 Å². The van der Waals surface area contributed by atoms with E-state index in [9.17, 15) is 0 Å². The number of aryl methyl sites for hydroxylation is 1. The van der Waals surface area contributed by atoms with Crippen molar-refractivity contribution in [3.8, 4) is 11.8 Å². The summed E-state index contributed by atoms with van der Waals surface area (Å²) < 4.78 is 0. The van der Waals surface area contributed by atoms with E-state index in [1.54, 1.807) is 0 Å². The number of benzene rings is 1. The first kappa shape index (κ1) is 28.0. The molecule has 3 aromatic rings. The van der Waals surface area contributed by atoms with Gasteiger partial charge in [-0.05, 0) is 52.3 Å². The number of nitrogens with one attached hydrogen (secondary N) is 1. The Kier molecular flexibility index (Phi) is 11.9. The molecule has 1 aromatic carbocycles. The number of aromatic nitrogens is 4. The maximum Gasteiger partial charge on any atom is 0.182 e. The quantitative estimate of drug-likeness (QED) is 0.327. The molecule has 1 unspecified atom stereocenters. The highest BCUT2D eigenvalue weighted by Crippen LogP contribution is 2.14. The average molecular weight is 477 g/mol. The highest BCUT2D eigenvalue weighted by Gasteiger charge is 2.07. The van der Waals surface area contributed by atoms with Crippen molar-refractivity contribution in [3.63, 3.8) is 0 Å². The fourth-order valence-electron chi connectivity index (χ4n) is 3.34. The van der Waals surface area contributed by atoms with E-state index in [1.165, 1.54) is 43.9 Å². The van der Waals surface area contributed by atoms with Crippen LogP contribution in [0.5, 0.6) is 0 Å². The van der Waals surface area contributed by atoms with Gasteiger partial charge in [0.1, 0.15) is 11.8 Å². The lowest BCUT2D eigenvalue weighted by Crippen LogP contribution is -2.28. The van der Waals surface area contributed by atoms with Crippen molar-refractivity contribution in [2.75, 3.05) is 25.9 Å². The summed E-state index contributed by atoms with van der Waals surface area (Å²) in [6.07, 6.45) is 9.11. The standard InChI is InChI=1S/C17H24N2.C5H5N5.C5H11N/c1-14(2)17(18)11-13-19(4)12-5-6-16-9-7-15(3)8-10-16;6-4-3-5(9-1-7-3)10-2-8-4;6-5-3-1-2-4-5/h7-10,17H,1,11-13,18H2,2-4H3;1-2H,(H3,6,7,8,9,10);5H,1-4,6H2. The molecule has 0 saturated heterocycles. The fourth-order valence-corrected chi connectivity index (χ4v) is 3.34. The van der Waals surface area contributed by atoms with Crippen molar-refractivity contribution >= 4 is 17.0 Å². The summed E-state index contributed by atoms with van der Waals surface area (Å²) in [4.78, 5) is 16.5. The Morgan fingerprint density at radius 3 is 2.46 bits per heavy atom. The van der Waals surface area contributed by atoms with Crippen LogP contribution >= 0.6 is 0 Å². The smallest absolute Gasteiger partial charge is 0.182 e. The molecule has 2 aromatic heterocycles. The summed E-state index contributed by atoms with van der Waals surface area (Å²) in [5.74, 6) is 6.79. The fraction of sp³-hybridized carbons (Fsp3) is 0.444. The van der Waals surface area contributed by atoms with Crippen LogP contribution in [0.4, 0.5) is 5.82 Å². The number of rotatable bonds is 5.